The summed E-state index contributed by atoms with van der Waals surface area (Å²) in [7, 11) is 0. The summed E-state index contributed by atoms with van der Waals surface area (Å²) in [6.07, 6.45) is 9.31. The molecule has 1 N–H and O–H groups in total. The summed E-state index contributed by atoms with van der Waals surface area (Å²) in [5.74, 6) is 2.96. The van der Waals surface area contributed by atoms with E-state index in [4.69, 9.17) is 6.42 Å². The molecule has 2 unspecified atom stereocenters. The zero-order valence-electron chi connectivity index (χ0n) is 16.4. The summed E-state index contributed by atoms with van der Waals surface area (Å²) in [5.41, 5.74) is 1.55. The molecule has 0 spiro atoms. The van der Waals surface area contributed by atoms with Crippen LogP contribution < -0.4 is 4.65 Å². The molecule has 1 aliphatic heterocycles. The molecule has 0 saturated carbocycles. The molecule has 0 aliphatic carbocycles. The number of rotatable bonds is 7. The topological polar surface area (TPSA) is 59.4 Å². The number of fused-ring (bicyclic) bond motifs is 1. The highest BCUT2D eigenvalue weighted by atomic mass is 32.1. The first-order valence-corrected chi connectivity index (χ1v) is 10.6. The summed E-state index contributed by atoms with van der Waals surface area (Å²) >= 11 is 1.37. The third-order valence-electron chi connectivity index (χ3n) is 5.62. The summed E-state index contributed by atoms with van der Waals surface area (Å²) < 4.78 is 0.143. The maximum absolute atomic E-state index is 13.7. The van der Waals surface area contributed by atoms with Crippen LogP contribution in [0.25, 0.3) is 10.2 Å². The minimum Gasteiger partial charge on any atom is -0.623 e. The number of nitrogens with zero attached hydrogens (tertiary/aromatic N) is 3. The van der Waals surface area contributed by atoms with E-state index in [2.05, 4.69) is 37.7 Å². The van der Waals surface area contributed by atoms with Crippen molar-refractivity contribution in [1.29, 1.82) is 0 Å². The lowest BCUT2D eigenvalue weighted by Gasteiger charge is -2.40. The van der Waals surface area contributed by atoms with Crippen LogP contribution in [0.1, 0.15) is 52.0 Å². The molecular weight excluding hydrogens is 358 g/mol. The molecule has 2 atom stereocenters. The Bertz CT molecular complexity index is 838. The molecule has 0 bridgehead atoms. The second kappa shape index (κ2) is 7.86. The van der Waals surface area contributed by atoms with Crippen molar-refractivity contribution in [2.24, 2.45) is 0 Å². The fourth-order valence-electron chi connectivity index (χ4n) is 4.08. The molecule has 2 aromatic rings. The van der Waals surface area contributed by atoms with E-state index < -0.39 is 16.4 Å². The maximum Gasteiger partial charge on any atom is 0.290 e. The van der Waals surface area contributed by atoms with E-state index in [-0.39, 0.29) is 13.2 Å². The van der Waals surface area contributed by atoms with E-state index in [9.17, 15) is 10.3 Å². The Morgan fingerprint density at radius 1 is 1.37 bits per heavy atom. The molecule has 2 heterocycles. The van der Waals surface area contributed by atoms with Crippen molar-refractivity contribution in [1.82, 2.24) is 14.5 Å². The van der Waals surface area contributed by atoms with Crippen molar-refractivity contribution < 1.29 is 5.11 Å². The third kappa shape index (κ3) is 3.51. The van der Waals surface area contributed by atoms with Gasteiger partial charge in [-0.25, -0.2) is 4.90 Å². The molecule has 146 valence electrons. The van der Waals surface area contributed by atoms with Crippen LogP contribution in [0.2, 0.25) is 0 Å². The summed E-state index contributed by atoms with van der Waals surface area (Å²) in [6, 6.07) is 6.11. The Kier molecular flexibility index (Phi) is 5.90. The van der Waals surface area contributed by atoms with Gasteiger partial charge >= 0.3 is 0 Å². The fourth-order valence-corrected chi connectivity index (χ4v) is 5.10. The van der Waals surface area contributed by atoms with Crippen molar-refractivity contribution in [2.45, 2.75) is 64.6 Å². The smallest absolute Gasteiger partial charge is 0.290 e. The van der Waals surface area contributed by atoms with Gasteiger partial charge in [0.1, 0.15) is 6.67 Å². The number of hydroxylamine groups is 2. The summed E-state index contributed by atoms with van der Waals surface area (Å²) in [4.78, 5) is 6.61. The normalized spacial score (nSPS) is 23.8. The molecule has 1 aromatic carbocycles. The minimum absolute atomic E-state index is 0.145. The number of hydrogen-bond acceptors (Lipinski definition) is 5. The Balaban J connectivity index is 1.95. The first-order chi connectivity index (χ1) is 12.9. The van der Waals surface area contributed by atoms with Gasteiger partial charge < -0.3 is 10.3 Å². The van der Waals surface area contributed by atoms with Gasteiger partial charge in [-0.2, -0.15) is 4.98 Å². The van der Waals surface area contributed by atoms with E-state index in [1.807, 2.05) is 17.0 Å². The Morgan fingerprint density at radius 2 is 2.07 bits per heavy atom. The van der Waals surface area contributed by atoms with Gasteiger partial charge in [0.05, 0.1) is 22.3 Å². The van der Waals surface area contributed by atoms with Crippen LogP contribution in [-0.2, 0) is 6.42 Å². The third-order valence-corrected chi connectivity index (χ3v) is 6.77. The highest BCUT2D eigenvalue weighted by Gasteiger charge is 2.49. The number of terminal acetylenes is 1. The number of aryl methyl sites for hydroxylation is 1. The first kappa shape index (κ1) is 20.2. The second-order valence-corrected chi connectivity index (χ2v) is 8.48. The van der Waals surface area contributed by atoms with Gasteiger partial charge in [0.25, 0.3) is 5.13 Å². The molecule has 1 fully saturated rings. The van der Waals surface area contributed by atoms with E-state index >= 15 is 0 Å². The molecule has 1 saturated heterocycles. The number of benzene rings is 1. The molecule has 6 heteroatoms. The maximum atomic E-state index is 13.7. The van der Waals surface area contributed by atoms with Crippen molar-refractivity contribution in [3.63, 3.8) is 0 Å². The van der Waals surface area contributed by atoms with Gasteiger partial charge in [0.2, 0.25) is 6.23 Å². The zero-order valence-corrected chi connectivity index (χ0v) is 17.3. The highest BCUT2D eigenvalue weighted by molar-refractivity contribution is 7.22. The van der Waals surface area contributed by atoms with Crippen LogP contribution in [-0.4, -0.2) is 40.0 Å². The molecule has 5 nitrogen and oxygen atoms in total. The molecule has 0 radical (unpaired) electrons. The number of quaternary nitrogens is 1. The SMILES string of the molecule is C#CC(CCC)(CCC)N1CC(O)[N+]([O-])(c2nc3cc(CC)ccc3s2)C1. The number of β-amino-alcohol motifs (C(OH)–C–C–N with tert-alkyl or cyclic N) is 1. The lowest BCUT2D eigenvalue weighted by atomic mass is 9.88. The molecule has 1 aromatic heterocycles. The molecular formula is C21H29N3O2S. The standard InChI is InChI=1S/C21H29N3O2S/c1-5-11-21(8-4,12-6-2)23-14-19(25)24(26,15-23)20-22-17-13-16(7-3)9-10-18(17)27-20/h4,9-10,13,19,25H,5-7,11-12,14-15H2,1-3H3. The van der Waals surface area contributed by atoms with E-state index in [0.29, 0.717) is 5.13 Å². The molecule has 0 amide bonds. The van der Waals surface area contributed by atoms with Gasteiger partial charge in [-0.05, 0) is 37.0 Å². The predicted molar refractivity (Wildman–Crippen MR) is 113 cm³/mol. The fraction of sp³-hybridized carbons (Fsp3) is 0.571. The lowest BCUT2D eigenvalue weighted by Crippen LogP contribution is -2.51. The van der Waals surface area contributed by atoms with E-state index in [1.54, 1.807) is 0 Å². The van der Waals surface area contributed by atoms with Gasteiger partial charge in [-0.3, -0.25) is 4.65 Å². The highest BCUT2D eigenvalue weighted by Crippen LogP contribution is 2.40. The van der Waals surface area contributed by atoms with Crippen molar-refractivity contribution in [3.05, 3.63) is 29.0 Å². The van der Waals surface area contributed by atoms with Crippen molar-refractivity contribution >= 4 is 26.7 Å². The van der Waals surface area contributed by atoms with Gasteiger partial charge in [-0.15, -0.1) is 6.42 Å². The first-order valence-electron chi connectivity index (χ1n) is 9.82. The molecule has 1 aliphatic rings. The predicted octanol–water partition coefficient (Wildman–Crippen LogP) is 4.23. The largest absolute Gasteiger partial charge is 0.623 e. The van der Waals surface area contributed by atoms with Crippen LogP contribution in [0.5, 0.6) is 0 Å². The number of aliphatic hydroxyl groups excluding tert-OH is 1. The number of thiazole rings is 1. The lowest BCUT2D eigenvalue weighted by molar-refractivity contribution is 0.0835. The average molecular weight is 388 g/mol. The minimum atomic E-state index is -1.07. The average Bonchev–Trinajstić information content (AvgIpc) is 3.23. The van der Waals surface area contributed by atoms with Crippen molar-refractivity contribution in [3.8, 4) is 12.3 Å². The molecule has 27 heavy (non-hydrogen) atoms. The van der Waals surface area contributed by atoms with Crippen LogP contribution in [0.4, 0.5) is 5.13 Å². The van der Waals surface area contributed by atoms with Crippen LogP contribution in [0.15, 0.2) is 18.2 Å². The summed E-state index contributed by atoms with van der Waals surface area (Å²) in [6.45, 7) is 6.73. The molecule has 3 rings (SSSR count). The zero-order chi connectivity index (χ0) is 19.7. The number of aliphatic hydroxyl groups is 1. The van der Waals surface area contributed by atoms with Gasteiger partial charge in [0, 0.05) is 0 Å². The quantitative estimate of drug-likeness (QED) is 0.439. The van der Waals surface area contributed by atoms with E-state index in [0.717, 1.165) is 42.3 Å². The van der Waals surface area contributed by atoms with Crippen LogP contribution in [0.3, 0.4) is 0 Å². The summed E-state index contributed by atoms with van der Waals surface area (Å²) in [5, 5.41) is 24.8. The van der Waals surface area contributed by atoms with Crippen molar-refractivity contribution in [2.75, 3.05) is 13.2 Å². The monoisotopic (exact) mass is 387 g/mol. The van der Waals surface area contributed by atoms with Gasteiger partial charge in [-0.1, -0.05) is 56.9 Å². The van der Waals surface area contributed by atoms with Crippen LogP contribution in [0, 0.1) is 17.6 Å². The number of hydrogen-bond donors (Lipinski definition) is 1. The van der Waals surface area contributed by atoms with E-state index in [1.165, 1.54) is 16.9 Å². The Hall–Kier alpha value is -1.49. The second-order valence-electron chi connectivity index (χ2n) is 7.47. The Morgan fingerprint density at radius 3 is 2.67 bits per heavy atom. The van der Waals surface area contributed by atoms with Crippen LogP contribution >= 0.6 is 11.3 Å². The Labute approximate surface area is 165 Å². The number of aromatic nitrogens is 1. The van der Waals surface area contributed by atoms with Gasteiger partial charge in [0.15, 0.2) is 0 Å².